The molecule has 2 rings (SSSR count). The summed E-state index contributed by atoms with van der Waals surface area (Å²) in [6.07, 6.45) is 3.80. The Morgan fingerprint density at radius 1 is 1.25 bits per heavy atom. The van der Waals surface area contributed by atoms with Crippen molar-refractivity contribution in [3.63, 3.8) is 0 Å². The van der Waals surface area contributed by atoms with Crippen molar-refractivity contribution in [3.8, 4) is 0 Å². The quantitative estimate of drug-likeness (QED) is 0.783. The highest BCUT2D eigenvalue weighted by molar-refractivity contribution is 4.87. The van der Waals surface area contributed by atoms with Crippen molar-refractivity contribution in [3.05, 3.63) is 0 Å². The summed E-state index contributed by atoms with van der Waals surface area (Å²) in [7, 11) is 2.30. The molecule has 2 aliphatic heterocycles. The van der Waals surface area contributed by atoms with Crippen LogP contribution in [0.1, 0.15) is 26.2 Å². The highest BCUT2D eigenvalue weighted by Gasteiger charge is 2.30. The number of nitrogens with zero attached hydrogens (tertiary/aromatic N) is 1. The third-order valence-corrected chi connectivity index (χ3v) is 4.28. The van der Waals surface area contributed by atoms with E-state index in [1.165, 1.54) is 38.9 Å². The minimum absolute atomic E-state index is 0.757. The molecule has 16 heavy (non-hydrogen) atoms. The van der Waals surface area contributed by atoms with Crippen LogP contribution in [-0.4, -0.2) is 50.8 Å². The van der Waals surface area contributed by atoms with Gasteiger partial charge in [-0.05, 0) is 38.3 Å². The number of ether oxygens (including phenoxy) is 1. The summed E-state index contributed by atoms with van der Waals surface area (Å²) in [5, 5.41) is 3.53. The topological polar surface area (TPSA) is 24.5 Å². The molecule has 94 valence electrons. The van der Waals surface area contributed by atoms with Gasteiger partial charge in [0, 0.05) is 32.3 Å². The van der Waals surface area contributed by atoms with Crippen LogP contribution >= 0.6 is 0 Å². The maximum atomic E-state index is 5.42. The summed E-state index contributed by atoms with van der Waals surface area (Å²) >= 11 is 0. The minimum atomic E-state index is 0.757. The summed E-state index contributed by atoms with van der Waals surface area (Å²) in [6, 6.07) is 0.757. The molecular formula is C13H26N2O. The van der Waals surface area contributed by atoms with Gasteiger partial charge in [0.15, 0.2) is 0 Å². The van der Waals surface area contributed by atoms with Crippen molar-refractivity contribution < 1.29 is 4.74 Å². The maximum Gasteiger partial charge on any atom is 0.0469 e. The van der Waals surface area contributed by atoms with Crippen LogP contribution in [0.2, 0.25) is 0 Å². The standard InChI is InChI=1S/C13H26N2O/c1-3-12-8-14-9-13(12)15(2)10-11-4-6-16-7-5-11/h11-14H,3-10H2,1-2H3. The molecule has 3 nitrogen and oxygen atoms in total. The Morgan fingerprint density at radius 3 is 2.69 bits per heavy atom. The molecule has 2 heterocycles. The van der Waals surface area contributed by atoms with Gasteiger partial charge in [-0.3, -0.25) is 0 Å². The molecule has 2 fully saturated rings. The molecule has 3 heteroatoms. The van der Waals surface area contributed by atoms with E-state index in [2.05, 4.69) is 24.2 Å². The Morgan fingerprint density at radius 2 is 2.00 bits per heavy atom. The van der Waals surface area contributed by atoms with E-state index in [0.29, 0.717) is 0 Å². The average molecular weight is 226 g/mol. The second kappa shape index (κ2) is 5.99. The fraction of sp³-hybridized carbons (Fsp3) is 1.00. The van der Waals surface area contributed by atoms with Gasteiger partial charge >= 0.3 is 0 Å². The molecule has 0 saturated carbocycles. The van der Waals surface area contributed by atoms with E-state index in [-0.39, 0.29) is 0 Å². The van der Waals surface area contributed by atoms with Crippen LogP contribution in [0.5, 0.6) is 0 Å². The highest BCUT2D eigenvalue weighted by Crippen LogP contribution is 2.22. The van der Waals surface area contributed by atoms with Crippen molar-refractivity contribution in [1.82, 2.24) is 10.2 Å². The second-order valence-corrected chi connectivity index (χ2v) is 5.39. The van der Waals surface area contributed by atoms with Gasteiger partial charge in [-0.2, -0.15) is 0 Å². The summed E-state index contributed by atoms with van der Waals surface area (Å²) in [5.41, 5.74) is 0. The van der Waals surface area contributed by atoms with Crippen molar-refractivity contribution in [1.29, 1.82) is 0 Å². The predicted molar refractivity (Wildman–Crippen MR) is 66.6 cm³/mol. The SMILES string of the molecule is CCC1CNCC1N(C)CC1CCOCC1. The van der Waals surface area contributed by atoms with Crippen LogP contribution in [-0.2, 0) is 4.74 Å². The summed E-state index contributed by atoms with van der Waals surface area (Å²) < 4.78 is 5.42. The number of likely N-dealkylation sites (N-methyl/N-ethyl adjacent to an activating group) is 1. The molecule has 2 saturated heterocycles. The molecule has 0 amide bonds. The Bertz CT molecular complexity index is 204. The van der Waals surface area contributed by atoms with E-state index < -0.39 is 0 Å². The zero-order valence-corrected chi connectivity index (χ0v) is 10.7. The smallest absolute Gasteiger partial charge is 0.0469 e. The van der Waals surface area contributed by atoms with Gasteiger partial charge in [0.25, 0.3) is 0 Å². The van der Waals surface area contributed by atoms with Gasteiger partial charge in [-0.25, -0.2) is 0 Å². The van der Waals surface area contributed by atoms with Gasteiger partial charge in [-0.1, -0.05) is 13.3 Å². The molecular weight excluding hydrogens is 200 g/mol. The Balaban J connectivity index is 1.79. The molecule has 0 aromatic carbocycles. The van der Waals surface area contributed by atoms with Crippen LogP contribution in [0.3, 0.4) is 0 Å². The first-order chi connectivity index (χ1) is 7.81. The van der Waals surface area contributed by atoms with Crippen molar-refractivity contribution in [2.45, 2.75) is 32.2 Å². The third-order valence-electron chi connectivity index (χ3n) is 4.28. The monoisotopic (exact) mass is 226 g/mol. The molecule has 0 bridgehead atoms. The fourth-order valence-electron chi connectivity index (χ4n) is 3.12. The number of hydrogen-bond acceptors (Lipinski definition) is 3. The summed E-state index contributed by atoms with van der Waals surface area (Å²) in [6.45, 7) is 7.90. The Hall–Kier alpha value is -0.120. The van der Waals surface area contributed by atoms with E-state index in [4.69, 9.17) is 4.74 Å². The van der Waals surface area contributed by atoms with Crippen LogP contribution in [0, 0.1) is 11.8 Å². The Kier molecular flexibility index (Phi) is 4.62. The van der Waals surface area contributed by atoms with Crippen molar-refractivity contribution in [2.75, 3.05) is 39.9 Å². The first kappa shape index (κ1) is 12.3. The number of hydrogen-bond donors (Lipinski definition) is 1. The van der Waals surface area contributed by atoms with Crippen LogP contribution in [0.4, 0.5) is 0 Å². The average Bonchev–Trinajstić information content (AvgIpc) is 2.78. The molecule has 2 unspecified atom stereocenters. The van der Waals surface area contributed by atoms with Gasteiger partial charge < -0.3 is 15.0 Å². The normalized spacial score (nSPS) is 32.4. The lowest BCUT2D eigenvalue weighted by Crippen LogP contribution is -2.41. The van der Waals surface area contributed by atoms with Gasteiger partial charge in [-0.15, -0.1) is 0 Å². The first-order valence-corrected chi connectivity index (χ1v) is 6.80. The van der Waals surface area contributed by atoms with Gasteiger partial charge in [0.1, 0.15) is 0 Å². The van der Waals surface area contributed by atoms with Gasteiger partial charge in [0.05, 0.1) is 0 Å². The molecule has 0 aliphatic carbocycles. The third kappa shape index (κ3) is 2.96. The molecule has 0 spiro atoms. The van der Waals surface area contributed by atoms with Gasteiger partial charge in [0.2, 0.25) is 0 Å². The number of nitrogens with one attached hydrogen (secondary N) is 1. The van der Waals surface area contributed by atoms with E-state index in [1.54, 1.807) is 0 Å². The van der Waals surface area contributed by atoms with E-state index in [1.807, 2.05) is 0 Å². The molecule has 2 aliphatic rings. The number of rotatable bonds is 4. The van der Waals surface area contributed by atoms with Crippen LogP contribution in [0.25, 0.3) is 0 Å². The lowest BCUT2D eigenvalue weighted by Gasteiger charge is -2.33. The molecule has 0 aromatic rings. The van der Waals surface area contributed by atoms with E-state index >= 15 is 0 Å². The summed E-state index contributed by atoms with van der Waals surface area (Å²) in [5.74, 6) is 1.71. The van der Waals surface area contributed by atoms with E-state index in [0.717, 1.165) is 31.1 Å². The Labute approximate surface area is 99.5 Å². The molecule has 1 N–H and O–H groups in total. The van der Waals surface area contributed by atoms with Crippen molar-refractivity contribution >= 4 is 0 Å². The molecule has 2 atom stereocenters. The lowest BCUT2D eigenvalue weighted by molar-refractivity contribution is 0.0484. The summed E-state index contributed by atoms with van der Waals surface area (Å²) in [4.78, 5) is 2.59. The highest BCUT2D eigenvalue weighted by atomic mass is 16.5. The second-order valence-electron chi connectivity index (χ2n) is 5.39. The largest absolute Gasteiger partial charge is 0.381 e. The fourth-order valence-corrected chi connectivity index (χ4v) is 3.12. The minimum Gasteiger partial charge on any atom is -0.381 e. The molecule has 0 aromatic heterocycles. The predicted octanol–water partition coefficient (Wildman–Crippen LogP) is 1.34. The molecule has 0 radical (unpaired) electrons. The van der Waals surface area contributed by atoms with Crippen molar-refractivity contribution in [2.24, 2.45) is 11.8 Å². The lowest BCUT2D eigenvalue weighted by atomic mass is 9.95. The van der Waals surface area contributed by atoms with Crippen LogP contribution < -0.4 is 5.32 Å². The zero-order valence-electron chi connectivity index (χ0n) is 10.7. The first-order valence-electron chi connectivity index (χ1n) is 6.80. The zero-order chi connectivity index (χ0) is 11.4. The maximum absolute atomic E-state index is 5.42. The van der Waals surface area contributed by atoms with E-state index in [9.17, 15) is 0 Å². The van der Waals surface area contributed by atoms with Crippen LogP contribution in [0.15, 0.2) is 0 Å².